The Kier molecular flexibility index (Phi) is 8.11. The lowest BCUT2D eigenvalue weighted by atomic mass is 9.96. The summed E-state index contributed by atoms with van der Waals surface area (Å²) in [5.41, 5.74) is 2.56. The molecule has 1 N–H and O–H groups in total. The van der Waals surface area contributed by atoms with Gasteiger partial charge in [-0.25, -0.2) is 8.42 Å². The van der Waals surface area contributed by atoms with Crippen LogP contribution >= 0.6 is 0 Å². The number of rotatable bonds is 7. The zero-order chi connectivity index (χ0) is 24.8. The SMILES string of the molecule is Cc1cc(C)cc(N(CCC(=O)NC2CCCCCCC2)S(=O)(=O)c2ccc3ccccc3c2)c1. The van der Waals surface area contributed by atoms with Crippen LogP contribution in [0.1, 0.15) is 62.5 Å². The van der Waals surface area contributed by atoms with Crippen molar-refractivity contribution in [3.63, 3.8) is 0 Å². The van der Waals surface area contributed by atoms with Crippen LogP contribution in [0.5, 0.6) is 0 Å². The van der Waals surface area contributed by atoms with Gasteiger partial charge in [0, 0.05) is 19.0 Å². The first-order chi connectivity index (χ1) is 16.8. The summed E-state index contributed by atoms with van der Waals surface area (Å²) >= 11 is 0. The third-order valence-electron chi connectivity index (χ3n) is 6.82. The van der Waals surface area contributed by atoms with Crippen molar-refractivity contribution in [3.05, 3.63) is 71.8 Å². The number of aryl methyl sites for hydroxylation is 2. The van der Waals surface area contributed by atoms with E-state index >= 15 is 0 Å². The average molecular weight is 493 g/mol. The molecule has 1 aliphatic rings. The molecule has 5 nitrogen and oxygen atoms in total. The number of nitrogens with one attached hydrogen (secondary N) is 1. The van der Waals surface area contributed by atoms with E-state index in [-0.39, 0.29) is 29.8 Å². The lowest BCUT2D eigenvalue weighted by Crippen LogP contribution is -2.39. The summed E-state index contributed by atoms with van der Waals surface area (Å²) in [6, 6.07) is 18.9. The number of anilines is 1. The number of benzene rings is 3. The van der Waals surface area contributed by atoms with Gasteiger partial charge in [0.1, 0.15) is 0 Å². The molecule has 0 aromatic heterocycles. The van der Waals surface area contributed by atoms with E-state index in [0.717, 1.165) is 47.6 Å². The monoisotopic (exact) mass is 492 g/mol. The second-order valence-corrected chi connectivity index (χ2v) is 11.7. The number of amides is 1. The van der Waals surface area contributed by atoms with Crippen LogP contribution in [0.15, 0.2) is 65.6 Å². The topological polar surface area (TPSA) is 66.5 Å². The molecule has 4 rings (SSSR count). The fourth-order valence-electron chi connectivity index (χ4n) is 5.04. The first kappa shape index (κ1) is 25.2. The van der Waals surface area contributed by atoms with Crippen LogP contribution in [-0.4, -0.2) is 26.9 Å². The Bertz CT molecular complexity index is 1260. The van der Waals surface area contributed by atoms with Crippen LogP contribution < -0.4 is 9.62 Å². The maximum Gasteiger partial charge on any atom is 0.264 e. The van der Waals surface area contributed by atoms with E-state index in [1.54, 1.807) is 12.1 Å². The van der Waals surface area contributed by atoms with Gasteiger partial charge in [-0.15, -0.1) is 0 Å². The summed E-state index contributed by atoms with van der Waals surface area (Å²) in [5.74, 6) is -0.0846. The third kappa shape index (κ3) is 6.43. The smallest absolute Gasteiger partial charge is 0.264 e. The molecule has 0 unspecified atom stereocenters. The van der Waals surface area contributed by atoms with Crippen LogP contribution in [0.3, 0.4) is 0 Å². The lowest BCUT2D eigenvalue weighted by Gasteiger charge is -2.26. The minimum absolute atomic E-state index is 0.0846. The second kappa shape index (κ2) is 11.3. The molecule has 0 aliphatic heterocycles. The molecule has 1 amide bonds. The van der Waals surface area contributed by atoms with E-state index < -0.39 is 10.0 Å². The molecule has 0 spiro atoms. The highest BCUT2D eigenvalue weighted by molar-refractivity contribution is 7.92. The molecule has 0 radical (unpaired) electrons. The normalized spacial score (nSPS) is 15.4. The minimum atomic E-state index is -3.87. The Morgan fingerprint density at radius 3 is 2.17 bits per heavy atom. The number of hydrogen-bond acceptors (Lipinski definition) is 3. The molecule has 186 valence electrons. The quantitative estimate of drug-likeness (QED) is 0.423. The highest BCUT2D eigenvalue weighted by Gasteiger charge is 2.27. The highest BCUT2D eigenvalue weighted by Crippen LogP contribution is 2.28. The van der Waals surface area contributed by atoms with Gasteiger partial charge in [-0.05, 0) is 72.9 Å². The molecule has 3 aromatic rings. The van der Waals surface area contributed by atoms with Crippen LogP contribution in [0, 0.1) is 13.8 Å². The first-order valence-corrected chi connectivity index (χ1v) is 14.2. The Labute approximate surface area is 209 Å². The van der Waals surface area contributed by atoms with Crippen molar-refractivity contribution in [2.45, 2.75) is 76.2 Å². The maximum absolute atomic E-state index is 13.9. The summed E-state index contributed by atoms with van der Waals surface area (Å²) in [6.07, 6.45) is 8.11. The van der Waals surface area contributed by atoms with Gasteiger partial charge in [-0.2, -0.15) is 0 Å². The van der Waals surface area contributed by atoms with Crippen molar-refractivity contribution < 1.29 is 13.2 Å². The van der Waals surface area contributed by atoms with Gasteiger partial charge in [0.25, 0.3) is 10.0 Å². The molecule has 0 atom stereocenters. The predicted molar refractivity (Wildman–Crippen MR) is 143 cm³/mol. The Balaban J connectivity index is 1.59. The number of carbonyl (C=O) groups is 1. The molecule has 35 heavy (non-hydrogen) atoms. The van der Waals surface area contributed by atoms with Crippen LogP contribution in [-0.2, 0) is 14.8 Å². The predicted octanol–water partition coefficient (Wildman–Crippen LogP) is 6.27. The first-order valence-electron chi connectivity index (χ1n) is 12.7. The van der Waals surface area contributed by atoms with Crippen molar-refractivity contribution in [2.24, 2.45) is 0 Å². The fourth-order valence-corrected chi connectivity index (χ4v) is 6.53. The highest BCUT2D eigenvalue weighted by atomic mass is 32.2. The zero-order valence-electron chi connectivity index (χ0n) is 20.8. The molecule has 1 saturated carbocycles. The van der Waals surface area contributed by atoms with Crippen molar-refractivity contribution in [1.82, 2.24) is 5.32 Å². The Hall–Kier alpha value is -2.86. The maximum atomic E-state index is 13.9. The molecular formula is C29H36N2O3S. The molecule has 0 saturated heterocycles. The van der Waals surface area contributed by atoms with Gasteiger partial charge in [-0.1, -0.05) is 68.5 Å². The van der Waals surface area contributed by atoms with E-state index in [1.165, 1.54) is 23.6 Å². The molecule has 3 aromatic carbocycles. The second-order valence-electron chi connectivity index (χ2n) is 9.79. The van der Waals surface area contributed by atoms with E-state index in [0.29, 0.717) is 5.69 Å². The molecule has 1 aliphatic carbocycles. The van der Waals surface area contributed by atoms with Gasteiger partial charge >= 0.3 is 0 Å². The summed E-state index contributed by atoms with van der Waals surface area (Å²) in [6.45, 7) is 4.01. The van der Waals surface area contributed by atoms with Gasteiger partial charge in [-0.3, -0.25) is 9.10 Å². The van der Waals surface area contributed by atoms with E-state index in [9.17, 15) is 13.2 Å². The average Bonchev–Trinajstić information content (AvgIpc) is 2.80. The van der Waals surface area contributed by atoms with Gasteiger partial charge in [0.05, 0.1) is 10.6 Å². The van der Waals surface area contributed by atoms with Crippen LogP contribution in [0.25, 0.3) is 10.8 Å². The van der Waals surface area contributed by atoms with Crippen molar-refractivity contribution in [2.75, 3.05) is 10.8 Å². The Morgan fingerprint density at radius 2 is 1.49 bits per heavy atom. The number of hydrogen-bond donors (Lipinski definition) is 1. The summed E-state index contributed by atoms with van der Waals surface area (Å²) in [7, 11) is -3.87. The van der Waals surface area contributed by atoms with Crippen LogP contribution in [0.2, 0.25) is 0 Å². The fraction of sp³-hybridized carbons (Fsp3) is 0.414. The van der Waals surface area contributed by atoms with Crippen LogP contribution in [0.4, 0.5) is 5.69 Å². The van der Waals surface area contributed by atoms with E-state index in [2.05, 4.69) is 5.32 Å². The summed E-state index contributed by atoms with van der Waals surface area (Å²) < 4.78 is 29.2. The third-order valence-corrected chi connectivity index (χ3v) is 8.64. The standard InChI is InChI=1S/C29H36N2O3S/c1-22-18-23(2)20-27(19-22)31(17-16-29(32)30-26-12-6-4-3-5-7-13-26)35(33,34)28-15-14-24-10-8-9-11-25(24)21-28/h8-11,14-15,18-21,26H,3-7,12-13,16-17H2,1-2H3,(H,30,32). The Morgan fingerprint density at radius 1 is 0.857 bits per heavy atom. The number of sulfonamides is 1. The zero-order valence-corrected chi connectivity index (χ0v) is 21.6. The van der Waals surface area contributed by atoms with Crippen molar-refractivity contribution in [3.8, 4) is 0 Å². The van der Waals surface area contributed by atoms with Crippen molar-refractivity contribution in [1.29, 1.82) is 0 Å². The molecule has 1 fully saturated rings. The van der Waals surface area contributed by atoms with E-state index in [1.807, 2.05) is 62.4 Å². The van der Waals surface area contributed by atoms with Crippen molar-refractivity contribution >= 4 is 32.4 Å². The number of nitrogens with zero attached hydrogens (tertiary/aromatic N) is 1. The molecule has 6 heteroatoms. The van der Waals surface area contributed by atoms with E-state index in [4.69, 9.17) is 0 Å². The lowest BCUT2D eigenvalue weighted by molar-refractivity contribution is -0.121. The summed E-state index contributed by atoms with van der Waals surface area (Å²) in [5, 5.41) is 5.03. The largest absolute Gasteiger partial charge is 0.353 e. The van der Waals surface area contributed by atoms with Gasteiger partial charge < -0.3 is 5.32 Å². The molecular weight excluding hydrogens is 456 g/mol. The van der Waals surface area contributed by atoms with Gasteiger partial charge in [0.15, 0.2) is 0 Å². The number of fused-ring (bicyclic) bond motifs is 1. The molecule has 0 bridgehead atoms. The van der Waals surface area contributed by atoms with Gasteiger partial charge in [0.2, 0.25) is 5.91 Å². The minimum Gasteiger partial charge on any atom is -0.353 e. The molecule has 0 heterocycles. The number of carbonyl (C=O) groups excluding carboxylic acids is 1. The summed E-state index contributed by atoms with van der Waals surface area (Å²) in [4.78, 5) is 13.1.